The van der Waals surface area contributed by atoms with E-state index in [9.17, 15) is 4.79 Å². The van der Waals surface area contributed by atoms with Crippen LogP contribution < -0.4 is 0 Å². The van der Waals surface area contributed by atoms with Gasteiger partial charge in [0.25, 0.3) is 5.91 Å². The molecule has 1 heterocycles. The van der Waals surface area contributed by atoms with Crippen molar-refractivity contribution >= 4 is 17.5 Å². The van der Waals surface area contributed by atoms with E-state index in [1.54, 1.807) is 0 Å². The average molecular weight is 266 g/mol. The predicted molar refractivity (Wildman–Crippen MR) is 75.3 cm³/mol. The van der Waals surface area contributed by atoms with Crippen LogP contribution in [0.4, 0.5) is 0 Å². The van der Waals surface area contributed by atoms with E-state index in [0.717, 1.165) is 42.6 Å². The van der Waals surface area contributed by atoms with Gasteiger partial charge >= 0.3 is 0 Å². The van der Waals surface area contributed by atoms with Crippen molar-refractivity contribution in [1.29, 1.82) is 0 Å². The van der Waals surface area contributed by atoms with Crippen molar-refractivity contribution in [2.45, 2.75) is 26.7 Å². The monoisotopic (exact) mass is 265 g/mol. The second kappa shape index (κ2) is 5.75. The Labute approximate surface area is 114 Å². The maximum absolute atomic E-state index is 12.4. The molecular formula is C15H20ClNO. The fourth-order valence-corrected chi connectivity index (χ4v) is 3.00. The van der Waals surface area contributed by atoms with Crippen LogP contribution in [0.2, 0.25) is 0 Å². The van der Waals surface area contributed by atoms with Gasteiger partial charge in [-0.05, 0) is 44.7 Å². The van der Waals surface area contributed by atoms with Crippen LogP contribution in [0.25, 0.3) is 0 Å². The molecule has 3 heteroatoms. The molecule has 1 saturated heterocycles. The fraction of sp³-hybridized carbons (Fsp3) is 0.533. The molecule has 2 nitrogen and oxygen atoms in total. The first-order valence-electron chi connectivity index (χ1n) is 6.53. The number of carbonyl (C=O) groups is 1. The van der Waals surface area contributed by atoms with E-state index in [4.69, 9.17) is 11.6 Å². The standard InChI is InChI=1S/C15H20ClNO/c1-11-7-12(2)9-14(8-11)15(18)17-6-4-13(10-17)3-5-16/h7-9,13H,3-6,10H2,1-2H3. The number of amides is 1. The molecule has 1 fully saturated rings. The van der Waals surface area contributed by atoms with E-state index >= 15 is 0 Å². The van der Waals surface area contributed by atoms with Gasteiger partial charge in [-0.15, -0.1) is 11.6 Å². The van der Waals surface area contributed by atoms with Crippen LogP contribution in [-0.4, -0.2) is 29.8 Å². The highest BCUT2D eigenvalue weighted by molar-refractivity contribution is 6.17. The topological polar surface area (TPSA) is 20.3 Å². The van der Waals surface area contributed by atoms with Crippen LogP contribution in [0.1, 0.15) is 34.3 Å². The summed E-state index contributed by atoms with van der Waals surface area (Å²) in [6.07, 6.45) is 2.10. The van der Waals surface area contributed by atoms with E-state index < -0.39 is 0 Å². The van der Waals surface area contributed by atoms with Crippen LogP contribution in [0.15, 0.2) is 18.2 Å². The van der Waals surface area contributed by atoms with Crippen molar-refractivity contribution in [2.24, 2.45) is 5.92 Å². The Morgan fingerprint density at radius 1 is 1.33 bits per heavy atom. The van der Waals surface area contributed by atoms with Crippen LogP contribution in [0.5, 0.6) is 0 Å². The third-order valence-corrected chi connectivity index (χ3v) is 3.78. The number of alkyl halides is 1. The van der Waals surface area contributed by atoms with Gasteiger partial charge in [0, 0.05) is 24.5 Å². The van der Waals surface area contributed by atoms with Crippen molar-refractivity contribution in [3.63, 3.8) is 0 Å². The minimum absolute atomic E-state index is 0.166. The van der Waals surface area contributed by atoms with Crippen LogP contribution >= 0.6 is 11.6 Å². The summed E-state index contributed by atoms with van der Waals surface area (Å²) >= 11 is 5.76. The Morgan fingerprint density at radius 2 is 2.00 bits per heavy atom. The minimum Gasteiger partial charge on any atom is -0.338 e. The van der Waals surface area contributed by atoms with Gasteiger partial charge in [0.1, 0.15) is 0 Å². The number of aryl methyl sites for hydroxylation is 2. The summed E-state index contributed by atoms with van der Waals surface area (Å²) < 4.78 is 0. The third kappa shape index (κ3) is 3.05. The molecule has 1 amide bonds. The molecule has 1 aliphatic heterocycles. The number of hydrogen-bond acceptors (Lipinski definition) is 1. The lowest BCUT2D eigenvalue weighted by atomic mass is 10.1. The Balaban J connectivity index is 2.08. The van der Waals surface area contributed by atoms with Gasteiger partial charge in [-0.3, -0.25) is 4.79 Å². The third-order valence-electron chi connectivity index (χ3n) is 3.56. The van der Waals surface area contributed by atoms with Gasteiger partial charge in [0.15, 0.2) is 0 Å². The molecule has 98 valence electrons. The number of rotatable bonds is 3. The van der Waals surface area contributed by atoms with Crippen molar-refractivity contribution in [2.75, 3.05) is 19.0 Å². The summed E-state index contributed by atoms with van der Waals surface area (Å²) in [5.41, 5.74) is 3.11. The van der Waals surface area contributed by atoms with Gasteiger partial charge in [0.05, 0.1) is 0 Å². The number of nitrogens with zero attached hydrogens (tertiary/aromatic N) is 1. The number of hydrogen-bond donors (Lipinski definition) is 0. The van der Waals surface area contributed by atoms with Gasteiger partial charge in [-0.1, -0.05) is 17.2 Å². The number of carbonyl (C=O) groups excluding carboxylic acids is 1. The molecule has 1 atom stereocenters. The quantitative estimate of drug-likeness (QED) is 0.767. The molecule has 0 radical (unpaired) electrons. The van der Waals surface area contributed by atoms with Gasteiger partial charge in [0.2, 0.25) is 0 Å². The van der Waals surface area contributed by atoms with E-state index in [-0.39, 0.29) is 5.91 Å². The molecule has 0 saturated carbocycles. The average Bonchev–Trinajstić information content (AvgIpc) is 2.76. The highest BCUT2D eigenvalue weighted by Crippen LogP contribution is 2.22. The van der Waals surface area contributed by atoms with Crippen molar-refractivity contribution < 1.29 is 4.79 Å². The second-order valence-corrected chi connectivity index (χ2v) is 5.64. The fourth-order valence-electron chi connectivity index (χ4n) is 2.69. The SMILES string of the molecule is Cc1cc(C)cc(C(=O)N2CCC(CCCl)C2)c1. The highest BCUT2D eigenvalue weighted by Gasteiger charge is 2.26. The molecule has 0 aromatic heterocycles. The van der Waals surface area contributed by atoms with Gasteiger partial charge < -0.3 is 4.90 Å². The molecule has 1 unspecified atom stereocenters. The summed E-state index contributed by atoms with van der Waals surface area (Å²) in [6.45, 7) is 5.79. The maximum atomic E-state index is 12.4. The number of benzene rings is 1. The van der Waals surface area contributed by atoms with E-state index in [0.29, 0.717) is 11.8 Å². The van der Waals surface area contributed by atoms with Crippen LogP contribution in [0, 0.1) is 19.8 Å². The van der Waals surface area contributed by atoms with Crippen molar-refractivity contribution in [3.05, 3.63) is 34.9 Å². The van der Waals surface area contributed by atoms with E-state index in [1.807, 2.05) is 30.9 Å². The summed E-state index contributed by atoms with van der Waals surface area (Å²) in [5.74, 6) is 1.44. The molecule has 0 spiro atoms. The molecule has 0 aliphatic carbocycles. The van der Waals surface area contributed by atoms with E-state index in [2.05, 4.69) is 6.07 Å². The zero-order chi connectivity index (χ0) is 13.1. The summed E-state index contributed by atoms with van der Waals surface area (Å²) in [4.78, 5) is 14.4. The Kier molecular flexibility index (Phi) is 4.28. The summed E-state index contributed by atoms with van der Waals surface area (Å²) in [5, 5.41) is 0. The van der Waals surface area contributed by atoms with E-state index in [1.165, 1.54) is 0 Å². The normalized spacial score (nSPS) is 19.3. The Hall–Kier alpha value is -1.02. The lowest BCUT2D eigenvalue weighted by Gasteiger charge is -2.17. The highest BCUT2D eigenvalue weighted by atomic mass is 35.5. The lowest BCUT2D eigenvalue weighted by molar-refractivity contribution is 0.0786. The molecule has 2 rings (SSSR count). The van der Waals surface area contributed by atoms with Gasteiger partial charge in [-0.25, -0.2) is 0 Å². The number of halogens is 1. The molecule has 0 bridgehead atoms. The first kappa shape index (κ1) is 13.4. The molecule has 1 aromatic carbocycles. The molecule has 1 aromatic rings. The lowest BCUT2D eigenvalue weighted by Crippen LogP contribution is -2.28. The number of likely N-dealkylation sites (tertiary alicyclic amines) is 1. The van der Waals surface area contributed by atoms with Crippen molar-refractivity contribution in [1.82, 2.24) is 4.90 Å². The second-order valence-electron chi connectivity index (χ2n) is 5.26. The summed E-state index contributed by atoms with van der Waals surface area (Å²) in [6, 6.07) is 6.05. The first-order chi connectivity index (χ1) is 8.60. The minimum atomic E-state index is 0.166. The molecule has 18 heavy (non-hydrogen) atoms. The maximum Gasteiger partial charge on any atom is 0.253 e. The smallest absolute Gasteiger partial charge is 0.253 e. The van der Waals surface area contributed by atoms with Crippen LogP contribution in [0.3, 0.4) is 0 Å². The Morgan fingerprint density at radius 3 is 2.61 bits per heavy atom. The zero-order valence-corrected chi connectivity index (χ0v) is 11.8. The first-order valence-corrected chi connectivity index (χ1v) is 7.07. The zero-order valence-electron chi connectivity index (χ0n) is 11.1. The molecular weight excluding hydrogens is 246 g/mol. The Bertz CT molecular complexity index is 424. The predicted octanol–water partition coefficient (Wildman–Crippen LogP) is 3.39. The van der Waals surface area contributed by atoms with Crippen LogP contribution in [-0.2, 0) is 0 Å². The van der Waals surface area contributed by atoms with Gasteiger partial charge in [-0.2, -0.15) is 0 Å². The largest absolute Gasteiger partial charge is 0.338 e. The molecule has 0 N–H and O–H groups in total. The molecule has 1 aliphatic rings. The summed E-state index contributed by atoms with van der Waals surface area (Å²) in [7, 11) is 0. The van der Waals surface area contributed by atoms with Crippen molar-refractivity contribution in [3.8, 4) is 0 Å².